The third-order valence-electron chi connectivity index (χ3n) is 5.95. The van der Waals surface area contributed by atoms with Crippen LogP contribution in [-0.4, -0.2) is 55.5 Å². The summed E-state index contributed by atoms with van der Waals surface area (Å²) in [6.45, 7) is 0.0620. The number of carbonyl (C=O) groups excluding carboxylic acids is 2. The van der Waals surface area contributed by atoms with Gasteiger partial charge in [0, 0.05) is 22.7 Å². The fraction of sp³-hybridized carbons (Fsp3) is 0.571. The van der Waals surface area contributed by atoms with Gasteiger partial charge in [-0.25, -0.2) is 0 Å². The van der Waals surface area contributed by atoms with Gasteiger partial charge in [0.1, 0.15) is 6.54 Å². The molecule has 8 nitrogen and oxygen atoms in total. The third kappa shape index (κ3) is 5.16. The molecule has 2 saturated carbocycles. The first-order chi connectivity index (χ1) is 14.6. The predicted molar refractivity (Wildman–Crippen MR) is 113 cm³/mol. The number of tetrazole rings is 1. The minimum absolute atomic E-state index is 0.0339. The van der Waals surface area contributed by atoms with Crippen LogP contribution in [-0.2, 0) is 16.1 Å². The van der Waals surface area contributed by atoms with E-state index < -0.39 is 0 Å². The number of carbonyl (C=O) groups is 2. The van der Waals surface area contributed by atoms with Crippen molar-refractivity contribution < 1.29 is 9.59 Å². The summed E-state index contributed by atoms with van der Waals surface area (Å²) in [5, 5.41) is 16.1. The maximum Gasteiger partial charge on any atom is 0.246 e. The number of hydrogen-bond donors (Lipinski definition) is 1. The summed E-state index contributed by atoms with van der Waals surface area (Å²) >= 11 is 5.92. The van der Waals surface area contributed by atoms with E-state index in [0.717, 1.165) is 56.9 Å². The van der Waals surface area contributed by atoms with Crippen LogP contribution in [0.2, 0.25) is 5.02 Å². The minimum Gasteiger partial charge on any atom is -0.352 e. The monoisotopic (exact) mass is 430 g/mol. The van der Waals surface area contributed by atoms with Gasteiger partial charge in [0.2, 0.25) is 17.6 Å². The molecule has 2 amide bonds. The number of nitrogens with zero attached hydrogens (tertiary/aromatic N) is 5. The molecule has 0 saturated heterocycles. The van der Waals surface area contributed by atoms with Crippen molar-refractivity contribution in [1.82, 2.24) is 30.4 Å². The van der Waals surface area contributed by atoms with E-state index in [1.54, 1.807) is 17.0 Å². The molecule has 160 valence electrons. The molecule has 4 rings (SSSR count). The summed E-state index contributed by atoms with van der Waals surface area (Å²) in [4.78, 5) is 28.6. The van der Waals surface area contributed by atoms with Crippen molar-refractivity contribution in [2.75, 3.05) is 6.54 Å². The van der Waals surface area contributed by atoms with Gasteiger partial charge >= 0.3 is 0 Å². The lowest BCUT2D eigenvalue weighted by Gasteiger charge is -2.28. The summed E-state index contributed by atoms with van der Waals surface area (Å²) in [5.41, 5.74) is 0.779. The third-order valence-corrected chi connectivity index (χ3v) is 6.20. The Hall–Kier alpha value is -2.48. The molecule has 1 aromatic carbocycles. The molecular weight excluding hydrogens is 404 g/mol. The molecule has 2 aliphatic rings. The van der Waals surface area contributed by atoms with Crippen LogP contribution in [0.1, 0.15) is 51.4 Å². The maximum absolute atomic E-state index is 13.1. The van der Waals surface area contributed by atoms with Gasteiger partial charge in [-0.05, 0) is 55.2 Å². The van der Waals surface area contributed by atoms with E-state index >= 15 is 0 Å². The Morgan fingerprint density at radius 1 is 1.07 bits per heavy atom. The number of rotatable bonds is 7. The van der Waals surface area contributed by atoms with Gasteiger partial charge in [-0.15, -0.1) is 10.2 Å². The molecule has 2 aliphatic carbocycles. The fourth-order valence-electron chi connectivity index (χ4n) is 4.37. The largest absolute Gasteiger partial charge is 0.352 e. The zero-order valence-corrected chi connectivity index (χ0v) is 17.7. The van der Waals surface area contributed by atoms with E-state index in [2.05, 4.69) is 20.7 Å². The zero-order chi connectivity index (χ0) is 20.9. The van der Waals surface area contributed by atoms with Gasteiger partial charge < -0.3 is 10.2 Å². The molecule has 0 aliphatic heterocycles. The molecule has 1 aromatic heterocycles. The number of halogens is 1. The summed E-state index contributed by atoms with van der Waals surface area (Å²) in [6, 6.07) is 7.48. The molecule has 1 N–H and O–H groups in total. The van der Waals surface area contributed by atoms with Crippen molar-refractivity contribution >= 4 is 23.4 Å². The normalized spacial score (nSPS) is 17.4. The number of hydrogen-bond acceptors (Lipinski definition) is 5. The topological polar surface area (TPSA) is 93.0 Å². The molecule has 0 unspecified atom stereocenters. The second-order valence-corrected chi connectivity index (χ2v) is 8.60. The molecular formula is C21H27ClN6O2. The summed E-state index contributed by atoms with van der Waals surface area (Å²) < 4.78 is 0. The quantitative estimate of drug-likeness (QED) is 0.729. The molecule has 1 heterocycles. The molecule has 0 radical (unpaired) electrons. The molecule has 0 bridgehead atoms. The lowest BCUT2D eigenvalue weighted by Crippen LogP contribution is -2.48. The summed E-state index contributed by atoms with van der Waals surface area (Å²) in [7, 11) is 0. The van der Waals surface area contributed by atoms with Gasteiger partial charge in [0.05, 0.1) is 6.54 Å². The average molecular weight is 431 g/mol. The standard InChI is InChI=1S/C21H27ClN6O2/c22-16-11-9-15(10-12-16)21-24-26-28(25-21)14-20(30)27(18-7-3-4-8-18)13-19(29)23-17-5-1-2-6-17/h9-12,17-18H,1-8,13-14H2,(H,23,29). The van der Waals surface area contributed by atoms with Crippen LogP contribution in [0.4, 0.5) is 0 Å². The molecule has 9 heteroatoms. The second kappa shape index (κ2) is 9.55. The molecule has 30 heavy (non-hydrogen) atoms. The van der Waals surface area contributed by atoms with Crippen molar-refractivity contribution in [1.29, 1.82) is 0 Å². The SMILES string of the molecule is O=C(CN(C(=O)Cn1nnc(-c2ccc(Cl)cc2)n1)C1CCCC1)NC1CCCC1. The van der Waals surface area contributed by atoms with E-state index in [-0.39, 0.29) is 37.0 Å². The van der Waals surface area contributed by atoms with Crippen LogP contribution in [0.25, 0.3) is 11.4 Å². The van der Waals surface area contributed by atoms with Crippen LogP contribution in [0, 0.1) is 0 Å². The van der Waals surface area contributed by atoms with Crippen LogP contribution in [0.5, 0.6) is 0 Å². The van der Waals surface area contributed by atoms with Crippen molar-refractivity contribution in [3.05, 3.63) is 29.3 Å². The second-order valence-electron chi connectivity index (χ2n) is 8.16. The minimum atomic E-state index is -0.150. The Morgan fingerprint density at radius 2 is 1.73 bits per heavy atom. The summed E-state index contributed by atoms with van der Waals surface area (Å²) in [5.74, 6) is 0.213. The lowest BCUT2D eigenvalue weighted by molar-refractivity contribution is -0.139. The van der Waals surface area contributed by atoms with Crippen molar-refractivity contribution in [2.45, 2.75) is 70.0 Å². The fourth-order valence-corrected chi connectivity index (χ4v) is 4.50. The Labute approximate surface area is 181 Å². The number of aromatic nitrogens is 4. The van der Waals surface area contributed by atoms with E-state index in [1.165, 1.54) is 4.80 Å². The number of amides is 2. The van der Waals surface area contributed by atoms with Gasteiger partial charge in [-0.1, -0.05) is 37.3 Å². The Kier molecular flexibility index (Phi) is 6.62. The molecule has 2 fully saturated rings. The van der Waals surface area contributed by atoms with Crippen LogP contribution in [0.15, 0.2) is 24.3 Å². The van der Waals surface area contributed by atoms with Crippen molar-refractivity contribution in [3.8, 4) is 11.4 Å². The average Bonchev–Trinajstić information content (AvgIpc) is 3.50. The lowest BCUT2D eigenvalue weighted by atomic mass is 10.2. The molecule has 0 atom stereocenters. The first kappa shape index (κ1) is 20.8. The van der Waals surface area contributed by atoms with Crippen molar-refractivity contribution in [3.63, 3.8) is 0 Å². The van der Waals surface area contributed by atoms with E-state index in [4.69, 9.17) is 11.6 Å². The first-order valence-electron chi connectivity index (χ1n) is 10.7. The smallest absolute Gasteiger partial charge is 0.246 e. The highest BCUT2D eigenvalue weighted by atomic mass is 35.5. The summed E-state index contributed by atoms with van der Waals surface area (Å²) in [6.07, 6.45) is 8.40. The van der Waals surface area contributed by atoms with Crippen LogP contribution >= 0.6 is 11.6 Å². The first-order valence-corrected chi connectivity index (χ1v) is 11.1. The van der Waals surface area contributed by atoms with Gasteiger partial charge in [-0.2, -0.15) is 4.80 Å². The number of nitrogens with one attached hydrogen (secondary N) is 1. The predicted octanol–water partition coefficient (Wildman–Crippen LogP) is 2.82. The van der Waals surface area contributed by atoms with Gasteiger partial charge in [0.15, 0.2) is 0 Å². The highest BCUT2D eigenvalue weighted by Gasteiger charge is 2.30. The van der Waals surface area contributed by atoms with Crippen LogP contribution in [0.3, 0.4) is 0 Å². The van der Waals surface area contributed by atoms with E-state index in [0.29, 0.717) is 10.8 Å². The van der Waals surface area contributed by atoms with E-state index in [9.17, 15) is 9.59 Å². The Bertz CT molecular complexity index is 872. The van der Waals surface area contributed by atoms with Gasteiger partial charge in [0.25, 0.3) is 0 Å². The van der Waals surface area contributed by atoms with E-state index in [1.807, 2.05) is 12.1 Å². The molecule has 0 spiro atoms. The highest BCUT2D eigenvalue weighted by Crippen LogP contribution is 2.24. The highest BCUT2D eigenvalue weighted by molar-refractivity contribution is 6.30. The molecule has 2 aromatic rings. The van der Waals surface area contributed by atoms with Gasteiger partial charge in [-0.3, -0.25) is 9.59 Å². The Balaban J connectivity index is 1.41. The van der Waals surface area contributed by atoms with Crippen LogP contribution < -0.4 is 5.32 Å². The zero-order valence-electron chi connectivity index (χ0n) is 17.0. The van der Waals surface area contributed by atoms with Crippen molar-refractivity contribution in [2.24, 2.45) is 0 Å². The number of benzene rings is 1. The Morgan fingerprint density at radius 3 is 2.43 bits per heavy atom. The maximum atomic E-state index is 13.1.